The summed E-state index contributed by atoms with van der Waals surface area (Å²) in [6, 6.07) is 19.9. The number of aliphatic hydroxyl groups is 1. The number of anilines is 1. The Kier molecular flexibility index (Phi) is 8.51. The molecule has 37 heavy (non-hydrogen) atoms. The number of nitrogens with zero attached hydrogens (tertiary/aromatic N) is 1. The van der Waals surface area contributed by atoms with Gasteiger partial charge in [-0.2, -0.15) is 0 Å². The molecule has 1 heterocycles. The first-order chi connectivity index (χ1) is 17.9. The Morgan fingerprint density at radius 1 is 0.865 bits per heavy atom. The zero-order valence-corrected chi connectivity index (χ0v) is 21.7. The second-order valence-electron chi connectivity index (χ2n) is 8.73. The fraction of sp³-hybridized carbons (Fsp3) is 0.267. The van der Waals surface area contributed by atoms with Gasteiger partial charge in [-0.1, -0.05) is 43.5 Å². The molecule has 0 spiro atoms. The lowest BCUT2D eigenvalue weighted by Crippen LogP contribution is -2.29. The third-order valence-corrected chi connectivity index (χ3v) is 6.45. The highest BCUT2D eigenvalue weighted by molar-refractivity contribution is 6.51. The number of ketones is 1. The number of aliphatic hydroxyl groups excluding tert-OH is 1. The predicted octanol–water partition coefficient (Wildman–Crippen LogP) is 6.93. The van der Waals surface area contributed by atoms with Crippen LogP contribution in [0, 0.1) is 0 Å². The summed E-state index contributed by atoms with van der Waals surface area (Å²) in [5.41, 5.74) is 1.60. The molecule has 192 valence electrons. The lowest BCUT2D eigenvalue weighted by Gasteiger charge is -2.25. The maximum absolute atomic E-state index is 13.3. The van der Waals surface area contributed by atoms with E-state index < -0.39 is 17.7 Å². The first-order valence-corrected chi connectivity index (χ1v) is 12.8. The molecular formula is C30H30ClNO5. The Labute approximate surface area is 222 Å². The van der Waals surface area contributed by atoms with E-state index in [0.29, 0.717) is 46.5 Å². The third-order valence-electron chi connectivity index (χ3n) is 6.20. The Bertz CT molecular complexity index is 1270. The molecule has 0 bridgehead atoms. The minimum atomic E-state index is -0.832. The largest absolute Gasteiger partial charge is 0.507 e. The van der Waals surface area contributed by atoms with Crippen molar-refractivity contribution in [3.8, 4) is 11.5 Å². The van der Waals surface area contributed by atoms with Gasteiger partial charge in [0.1, 0.15) is 17.3 Å². The molecule has 3 aromatic carbocycles. The van der Waals surface area contributed by atoms with Crippen LogP contribution in [0.5, 0.6) is 11.5 Å². The number of benzene rings is 3. The molecule has 1 unspecified atom stereocenters. The molecule has 1 saturated heterocycles. The molecular weight excluding hydrogens is 490 g/mol. The number of hydrogen-bond donors (Lipinski definition) is 1. The summed E-state index contributed by atoms with van der Waals surface area (Å²) in [6.07, 6.45) is 3.17. The molecule has 0 aliphatic carbocycles. The van der Waals surface area contributed by atoms with Crippen LogP contribution in [0.1, 0.15) is 50.3 Å². The van der Waals surface area contributed by atoms with Gasteiger partial charge < -0.3 is 14.6 Å². The zero-order valence-electron chi connectivity index (χ0n) is 20.9. The standard InChI is InChI=1S/C30H30ClNO5/c1-3-5-6-19-37-25-17-9-21(10-18-25)28(33)26-27(20-7-15-24(16-8-20)36-4-2)32(30(35)29(26)34)23-13-11-22(31)12-14-23/h7-18,27,33H,3-6,19H2,1-2H3/b28-26+. The number of halogens is 1. The number of carbonyl (C=O) groups is 2. The van der Waals surface area contributed by atoms with E-state index in [-0.39, 0.29) is 11.3 Å². The lowest BCUT2D eigenvalue weighted by molar-refractivity contribution is -0.132. The maximum atomic E-state index is 13.3. The number of amides is 1. The van der Waals surface area contributed by atoms with Crippen molar-refractivity contribution in [3.05, 3.63) is 94.5 Å². The van der Waals surface area contributed by atoms with Gasteiger partial charge in [0.15, 0.2) is 0 Å². The van der Waals surface area contributed by atoms with Crippen molar-refractivity contribution in [2.75, 3.05) is 18.1 Å². The van der Waals surface area contributed by atoms with Crippen molar-refractivity contribution in [3.63, 3.8) is 0 Å². The topological polar surface area (TPSA) is 76.1 Å². The summed E-state index contributed by atoms with van der Waals surface area (Å²) < 4.78 is 11.3. The molecule has 0 aromatic heterocycles. The van der Waals surface area contributed by atoms with Crippen LogP contribution in [0.4, 0.5) is 5.69 Å². The summed E-state index contributed by atoms with van der Waals surface area (Å²) in [7, 11) is 0. The molecule has 0 saturated carbocycles. The molecule has 7 heteroatoms. The highest BCUT2D eigenvalue weighted by atomic mass is 35.5. The van der Waals surface area contributed by atoms with Crippen LogP contribution in [0.2, 0.25) is 5.02 Å². The van der Waals surface area contributed by atoms with E-state index in [1.165, 1.54) is 4.90 Å². The van der Waals surface area contributed by atoms with Gasteiger partial charge in [0.25, 0.3) is 11.7 Å². The quantitative estimate of drug-likeness (QED) is 0.136. The molecule has 1 aliphatic heterocycles. The van der Waals surface area contributed by atoms with Crippen molar-refractivity contribution >= 4 is 34.7 Å². The maximum Gasteiger partial charge on any atom is 0.300 e. The number of ether oxygens (including phenoxy) is 2. The van der Waals surface area contributed by atoms with Crippen molar-refractivity contribution in [1.29, 1.82) is 0 Å². The fourth-order valence-electron chi connectivity index (χ4n) is 4.34. The Balaban J connectivity index is 1.74. The molecule has 1 atom stereocenters. The third kappa shape index (κ3) is 5.81. The van der Waals surface area contributed by atoms with E-state index in [2.05, 4.69) is 6.92 Å². The minimum absolute atomic E-state index is 0.0146. The highest BCUT2D eigenvalue weighted by Crippen LogP contribution is 2.42. The van der Waals surface area contributed by atoms with E-state index in [9.17, 15) is 14.7 Å². The van der Waals surface area contributed by atoms with E-state index in [1.54, 1.807) is 72.8 Å². The van der Waals surface area contributed by atoms with Crippen molar-refractivity contribution in [2.24, 2.45) is 0 Å². The van der Waals surface area contributed by atoms with Crippen LogP contribution in [-0.2, 0) is 9.59 Å². The average molecular weight is 520 g/mol. The molecule has 4 rings (SSSR count). The zero-order chi connectivity index (χ0) is 26.4. The summed E-state index contributed by atoms with van der Waals surface area (Å²) in [4.78, 5) is 28.0. The van der Waals surface area contributed by atoms with Crippen molar-refractivity contribution < 1.29 is 24.2 Å². The van der Waals surface area contributed by atoms with Crippen LogP contribution in [0.3, 0.4) is 0 Å². The Morgan fingerprint density at radius 2 is 1.49 bits per heavy atom. The number of carbonyl (C=O) groups excluding carboxylic acids is 2. The molecule has 0 radical (unpaired) electrons. The smallest absolute Gasteiger partial charge is 0.300 e. The fourth-order valence-corrected chi connectivity index (χ4v) is 4.46. The van der Waals surface area contributed by atoms with Crippen LogP contribution < -0.4 is 14.4 Å². The van der Waals surface area contributed by atoms with Gasteiger partial charge in [0.05, 0.1) is 24.8 Å². The van der Waals surface area contributed by atoms with E-state index in [0.717, 1.165) is 19.3 Å². The number of Topliss-reactive ketones (excluding diaryl/α,β-unsaturated/α-hetero) is 1. The SMILES string of the molecule is CCCCCOc1ccc(/C(O)=C2\C(=O)C(=O)N(c3ccc(Cl)cc3)C2c2ccc(OCC)cc2)cc1. The van der Waals surface area contributed by atoms with Gasteiger partial charge in [-0.3, -0.25) is 14.5 Å². The first kappa shape index (κ1) is 26.3. The second-order valence-corrected chi connectivity index (χ2v) is 9.16. The number of unbranched alkanes of at least 4 members (excludes halogenated alkanes) is 2. The molecule has 1 N–H and O–H groups in total. The van der Waals surface area contributed by atoms with Gasteiger partial charge in [-0.15, -0.1) is 0 Å². The summed E-state index contributed by atoms with van der Waals surface area (Å²) in [6.45, 7) is 5.16. The second kappa shape index (κ2) is 12.0. The van der Waals surface area contributed by atoms with E-state index in [4.69, 9.17) is 21.1 Å². The minimum Gasteiger partial charge on any atom is -0.507 e. The molecule has 1 amide bonds. The van der Waals surface area contributed by atoms with Gasteiger partial charge >= 0.3 is 0 Å². The van der Waals surface area contributed by atoms with Gasteiger partial charge in [0, 0.05) is 16.3 Å². The van der Waals surface area contributed by atoms with Crippen molar-refractivity contribution in [1.82, 2.24) is 0 Å². The van der Waals surface area contributed by atoms with E-state index >= 15 is 0 Å². The normalized spacial score (nSPS) is 16.7. The van der Waals surface area contributed by atoms with Gasteiger partial charge in [-0.05, 0) is 79.6 Å². The number of hydrogen-bond acceptors (Lipinski definition) is 5. The average Bonchev–Trinajstić information content (AvgIpc) is 3.18. The van der Waals surface area contributed by atoms with Crippen LogP contribution in [0.25, 0.3) is 5.76 Å². The van der Waals surface area contributed by atoms with Crippen LogP contribution in [0.15, 0.2) is 78.4 Å². The highest BCUT2D eigenvalue weighted by Gasteiger charge is 2.47. The lowest BCUT2D eigenvalue weighted by atomic mass is 9.95. The predicted molar refractivity (Wildman–Crippen MR) is 145 cm³/mol. The summed E-state index contributed by atoms with van der Waals surface area (Å²) in [5.74, 6) is -0.377. The van der Waals surface area contributed by atoms with Crippen molar-refractivity contribution in [2.45, 2.75) is 39.2 Å². The Morgan fingerprint density at radius 3 is 2.11 bits per heavy atom. The Hall–Kier alpha value is -3.77. The molecule has 1 aliphatic rings. The molecule has 3 aromatic rings. The summed E-state index contributed by atoms with van der Waals surface area (Å²) >= 11 is 6.06. The van der Waals surface area contributed by atoms with Gasteiger partial charge in [-0.25, -0.2) is 0 Å². The van der Waals surface area contributed by atoms with Gasteiger partial charge in [0.2, 0.25) is 0 Å². The summed E-state index contributed by atoms with van der Waals surface area (Å²) in [5, 5.41) is 11.8. The number of rotatable bonds is 10. The van der Waals surface area contributed by atoms with Crippen LogP contribution in [-0.4, -0.2) is 30.0 Å². The molecule has 1 fully saturated rings. The molecule has 6 nitrogen and oxygen atoms in total. The van der Waals surface area contributed by atoms with Crippen LogP contribution >= 0.6 is 11.6 Å². The first-order valence-electron chi connectivity index (χ1n) is 12.5. The monoisotopic (exact) mass is 519 g/mol. The van der Waals surface area contributed by atoms with E-state index in [1.807, 2.05) is 6.92 Å².